The number of aliphatic carboxylic acids is 2. The van der Waals surface area contributed by atoms with Crippen molar-refractivity contribution in [2.24, 2.45) is 0 Å². The molecule has 0 fully saturated rings. The highest BCUT2D eigenvalue weighted by atomic mass is 16.5. The van der Waals surface area contributed by atoms with E-state index in [1.165, 1.54) is 0 Å². The Balaban J connectivity index is 2.27. The van der Waals surface area contributed by atoms with Gasteiger partial charge in [-0.15, -0.1) is 0 Å². The van der Waals surface area contributed by atoms with Gasteiger partial charge >= 0.3 is 18.0 Å². The Hall–Kier alpha value is -2.69. The number of hydrogen-bond donors (Lipinski definition) is 6. The average molecular weight is 398 g/mol. The van der Waals surface area contributed by atoms with Crippen LogP contribution in [0.2, 0.25) is 0 Å². The first-order valence-corrected chi connectivity index (χ1v) is 8.81. The van der Waals surface area contributed by atoms with E-state index in [1.54, 1.807) is 0 Å². The topological polar surface area (TPSA) is 165 Å². The van der Waals surface area contributed by atoms with Crippen molar-refractivity contribution in [3.63, 3.8) is 0 Å². The lowest BCUT2D eigenvalue weighted by molar-refractivity contribution is -0.147. The molecule has 28 heavy (non-hydrogen) atoms. The number of hydrogen-bond acceptors (Lipinski definition) is 7. The highest BCUT2D eigenvalue weighted by Crippen LogP contribution is 2.07. The molecular formula is C18H26N2O8. The zero-order valence-corrected chi connectivity index (χ0v) is 15.3. The second kappa shape index (κ2) is 12.7. The molecule has 156 valence electrons. The number of carboxylic acid groups (broad SMARTS) is 2. The van der Waals surface area contributed by atoms with Crippen molar-refractivity contribution in [1.82, 2.24) is 10.6 Å². The number of aliphatic hydroxyl groups is 2. The van der Waals surface area contributed by atoms with E-state index in [1.807, 2.05) is 30.3 Å². The summed E-state index contributed by atoms with van der Waals surface area (Å²) < 4.78 is 5.05. The number of nitrogens with one attached hydrogen (secondary N) is 2. The van der Waals surface area contributed by atoms with Crippen LogP contribution in [0.3, 0.4) is 0 Å². The number of carboxylic acids is 2. The van der Waals surface area contributed by atoms with Gasteiger partial charge in [-0.25, -0.2) is 4.79 Å². The van der Waals surface area contributed by atoms with Gasteiger partial charge < -0.3 is 30.5 Å². The Morgan fingerprint density at radius 1 is 1.04 bits per heavy atom. The van der Waals surface area contributed by atoms with Crippen LogP contribution in [-0.4, -0.2) is 63.4 Å². The number of ether oxygens (including phenoxy) is 1. The quantitative estimate of drug-likeness (QED) is 0.202. The van der Waals surface area contributed by atoms with Gasteiger partial charge in [-0.3, -0.25) is 14.9 Å². The minimum absolute atomic E-state index is 0.148. The first-order valence-electron chi connectivity index (χ1n) is 8.81. The Morgan fingerprint density at radius 2 is 1.71 bits per heavy atom. The number of benzene rings is 1. The number of rotatable bonds is 13. The van der Waals surface area contributed by atoms with Gasteiger partial charge in [-0.05, 0) is 24.8 Å². The Kier molecular flexibility index (Phi) is 10.6. The predicted octanol–water partition coefficient (Wildman–Crippen LogP) is 0.280. The van der Waals surface area contributed by atoms with Gasteiger partial charge in [0, 0.05) is 6.54 Å². The summed E-state index contributed by atoms with van der Waals surface area (Å²) in [5.41, 5.74) is 0.859. The summed E-state index contributed by atoms with van der Waals surface area (Å²) in [7, 11) is 0. The third-order valence-electron chi connectivity index (χ3n) is 3.88. The summed E-state index contributed by atoms with van der Waals surface area (Å²) in [4.78, 5) is 33.3. The third-order valence-corrected chi connectivity index (χ3v) is 3.88. The molecule has 0 aliphatic heterocycles. The molecule has 1 aromatic carbocycles. The molecule has 0 heterocycles. The molecule has 0 saturated carbocycles. The summed E-state index contributed by atoms with van der Waals surface area (Å²) in [5, 5.41) is 41.4. The molecule has 0 aliphatic carbocycles. The molecule has 6 N–H and O–H groups in total. The number of unbranched alkanes of at least 4 members (excludes halogenated alkanes) is 1. The smallest absolute Gasteiger partial charge is 0.407 e. The molecule has 0 spiro atoms. The lowest BCUT2D eigenvalue weighted by atomic mass is 10.1. The van der Waals surface area contributed by atoms with E-state index >= 15 is 0 Å². The number of aliphatic hydroxyl groups excluding tert-OH is 1. The number of alkyl carbamates (subject to hydrolysis) is 1. The van der Waals surface area contributed by atoms with E-state index in [9.17, 15) is 24.6 Å². The first kappa shape index (κ1) is 23.3. The lowest BCUT2D eigenvalue weighted by Gasteiger charge is -2.24. The van der Waals surface area contributed by atoms with Crippen LogP contribution in [0.1, 0.15) is 31.2 Å². The third kappa shape index (κ3) is 9.86. The fourth-order valence-electron chi connectivity index (χ4n) is 2.42. The molecule has 10 nitrogen and oxygen atoms in total. The van der Waals surface area contributed by atoms with Crippen LogP contribution in [0.5, 0.6) is 0 Å². The zero-order chi connectivity index (χ0) is 20.9. The van der Waals surface area contributed by atoms with Crippen molar-refractivity contribution in [3.8, 4) is 0 Å². The van der Waals surface area contributed by atoms with Crippen molar-refractivity contribution in [2.45, 2.75) is 50.7 Å². The van der Waals surface area contributed by atoms with Crippen LogP contribution in [0.4, 0.5) is 4.79 Å². The molecule has 1 rings (SSSR count). The van der Waals surface area contributed by atoms with E-state index in [4.69, 9.17) is 14.9 Å². The van der Waals surface area contributed by atoms with E-state index in [0.29, 0.717) is 19.4 Å². The van der Waals surface area contributed by atoms with Crippen LogP contribution in [-0.2, 0) is 20.9 Å². The highest BCUT2D eigenvalue weighted by molar-refractivity contribution is 5.80. The van der Waals surface area contributed by atoms with Gasteiger partial charge in [0.05, 0.1) is 12.5 Å². The number of carbonyl (C=O) groups is 3. The van der Waals surface area contributed by atoms with Gasteiger partial charge in [0.1, 0.15) is 12.6 Å². The first-order chi connectivity index (χ1) is 13.3. The minimum atomic E-state index is -1.85. The zero-order valence-electron chi connectivity index (χ0n) is 15.3. The van der Waals surface area contributed by atoms with Crippen LogP contribution >= 0.6 is 0 Å². The van der Waals surface area contributed by atoms with Gasteiger partial charge in [-0.1, -0.05) is 30.3 Å². The maximum atomic E-state index is 11.6. The molecule has 1 aromatic rings. The summed E-state index contributed by atoms with van der Waals surface area (Å²) in [6.45, 7) is 0.439. The average Bonchev–Trinajstić information content (AvgIpc) is 2.64. The van der Waals surface area contributed by atoms with Gasteiger partial charge in [0.25, 0.3) is 0 Å². The molecule has 0 radical (unpaired) electrons. The minimum Gasteiger partial charge on any atom is -0.481 e. The Morgan fingerprint density at radius 3 is 2.29 bits per heavy atom. The molecule has 0 aliphatic rings. The molecule has 1 unspecified atom stereocenters. The maximum absolute atomic E-state index is 11.6. The number of carbonyl (C=O) groups excluding carboxylic acids is 1. The summed E-state index contributed by atoms with van der Waals surface area (Å²) >= 11 is 0. The molecule has 2 atom stereocenters. The van der Waals surface area contributed by atoms with E-state index in [-0.39, 0.29) is 13.0 Å². The highest BCUT2D eigenvalue weighted by Gasteiger charge is 2.27. The molecule has 0 saturated heterocycles. The van der Waals surface area contributed by atoms with Crippen molar-refractivity contribution in [1.29, 1.82) is 0 Å². The Bertz CT molecular complexity index is 623. The van der Waals surface area contributed by atoms with E-state index in [2.05, 4.69) is 10.6 Å². The Labute approximate surface area is 162 Å². The van der Waals surface area contributed by atoms with Crippen LogP contribution < -0.4 is 10.6 Å². The normalized spacial score (nSPS) is 13.0. The van der Waals surface area contributed by atoms with Crippen molar-refractivity contribution in [3.05, 3.63) is 35.9 Å². The van der Waals surface area contributed by atoms with Crippen molar-refractivity contribution < 1.29 is 39.5 Å². The van der Waals surface area contributed by atoms with Crippen molar-refractivity contribution >= 4 is 18.0 Å². The van der Waals surface area contributed by atoms with Gasteiger partial charge in [-0.2, -0.15) is 0 Å². The maximum Gasteiger partial charge on any atom is 0.407 e. The summed E-state index contributed by atoms with van der Waals surface area (Å²) in [6, 6.07) is 6.74. The van der Waals surface area contributed by atoms with Crippen LogP contribution in [0, 0.1) is 0 Å². The molecule has 0 aromatic heterocycles. The fourth-order valence-corrected chi connectivity index (χ4v) is 2.42. The summed E-state index contributed by atoms with van der Waals surface area (Å²) in [6.07, 6.45) is -2.00. The monoisotopic (exact) mass is 398 g/mol. The van der Waals surface area contributed by atoms with Crippen LogP contribution in [0.25, 0.3) is 0 Å². The van der Waals surface area contributed by atoms with Gasteiger partial charge in [0.15, 0.2) is 6.29 Å². The predicted molar refractivity (Wildman–Crippen MR) is 97.3 cm³/mol. The SMILES string of the molecule is O=C(O)CC(N[C@@H](CCCCNC(=O)OCc1ccccc1)C(O)O)C(=O)O. The lowest BCUT2D eigenvalue weighted by Crippen LogP contribution is -2.49. The second-order valence-corrected chi connectivity index (χ2v) is 6.16. The summed E-state index contributed by atoms with van der Waals surface area (Å²) in [5.74, 6) is -2.71. The molecular weight excluding hydrogens is 372 g/mol. The largest absolute Gasteiger partial charge is 0.481 e. The fraction of sp³-hybridized carbons (Fsp3) is 0.500. The molecule has 10 heteroatoms. The molecule has 0 bridgehead atoms. The molecule has 1 amide bonds. The second-order valence-electron chi connectivity index (χ2n) is 6.16. The van der Waals surface area contributed by atoms with Crippen LogP contribution in [0.15, 0.2) is 30.3 Å². The number of amides is 1. The standard InChI is InChI=1S/C18H26N2O8/c21-15(22)10-14(17(25)26)20-13(16(23)24)8-4-5-9-19-18(27)28-11-12-6-2-1-3-7-12/h1-3,6-7,13-14,16,20,23-24H,4-5,8-11H2,(H,19,27)(H,21,22)(H,25,26)/t13-,14?/m0/s1. The van der Waals surface area contributed by atoms with Crippen molar-refractivity contribution in [2.75, 3.05) is 6.54 Å². The van der Waals surface area contributed by atoms with E-state index < -0.39 is 42.8 Å². The van der Waals surface area contributed by atoms with E-state index in [0.717, 1.165) is 5.56 Å². The van der Waals surface area contributed by atoms with Gasteiger partial charge in [0.2, 0.25) is 0 Å².